The van der Waals surface area contributed by atoms with E-state index in [1.165, 1.54) is 12.3 Å². The van der Waals surface area contributed by atoms with E-state index >= 15 is 0 Å². The summed E-state index contributed by atoms with van der Waals surface area (Å²) in [5.74, 6) is 0.0432. The van der Waals surface area contributed by atoms with Crippen molar-refractivity contribution in [3.05, 3.63) is 52.2 Å². The van der Waals surface area contributed by atoms with Gasteiger partial charge in [0.25, 0.3) is 5.91 Å². The van der Waals surface area contributed by atoms with Crippen molar-refractivity contribution >= 4 is 29.0 Å². The maximum absolute atomic E-state index is 12.4. The second-order valence-corrected chi connectivity index (χ2v) is 5.21. The molecule has 0 saturated carbocycles. The number of amides is 1. The van der Waals surface area contributed by atoms with Gasteiger partial charge in [-0.1, -0.05) is 17.7 Å². The molecule has 2 N–H and O–H groups in total. The Morgan fingerprint density at radius 3 is 2.35 bits per heavy atom. The summed E-state index contributed by atoms with van der Waals surface area (Å²) in [4.78, 5) is 17.9. The molecule has 0 unspecified atom stereocenters. The predicted molar refractivity (Wildman–Crippen MR) is 82.3 cm³/mol. The molecule has 0 atom stereocenters. The quantitative estimate of drug-likeness (QED) is 0.923. The molecule has 0 aliphatic rings. The normalized spacial score (nSPS) is 10.4. The molecule has 0 aliphatic heterocycles. The summed E-state index contributed by atoms with van der Waals surface area (Å²) in [6.45, 7) is 3.99. The van der Waals surface area contributed by atoms with Crippen molar-refractivity contribution in [1.29, 1.82) is 0 Å². The summed E-state index contributed by atoms with van der Waals surface area (Å²) in [5, 5.41) is 0.282. The van der Waals surface area contributed by atoms with Crippen LogP contribution in [0.2, 0.25) is 5.02 Å². The minimum Gasteiger partial charge on any atom is -0.382 e. The summed E-state index contributed by atoms with van der Waals surface area (Å²) < 4.78 is 0. The summed E-state index contributed by atoms with van der Waals surface area (Å²) in [6.07, 6.45) is 1.43. The van der Waals surface area contributed by atoms with Crippen LogP contribution in [0.25, 0.3) is 0 Å². The van der Waals surface area contributed by atoms with E-state index in [0.29, 0.717) is 5.56 Å². The summed E-state index contributed by atoms with van der Waals surface area (Å²) >= 11 is 5.90. The zero-order chi connectivity index (χ0) is 14.9. The number of nitrogens with zero attached hydrogens (tertiary/aromatic N) is 2. The maximum atomic E-state index is 12.4. The lowest BCUT2D eigenvalue weighted by Crippen LogP contribution is -2.26. The zero-order valence-electron chi connectivity index (χ0n) is 11.6. The Morgan fingerprint density at radius 2 is 1.80 bits per heavy atom. The lowest BCUT2D eigenvalue weighted by molar-refractivity contribution is 0.0992. The Balaban J connectivity index is 2.34. The van der Waals surface area contributed by atoms with Gasteiger partial charge in [0.05, 0.1) is 10.6 Å². The Hall–Kier alpha value is -2.07. The molecule has 0 radical (unpaired) electrons. The molecule has 4 nitrogen and oxygen atoms in total. The van der Waals surface area contributed by atoms with E-state index < -0.39 is 0 Å². The van der Waals surface area contributed by atoms with Gasteiger partial charge in [-0.2, -0.15) is 0 Å². The summed E-state index contributed by atoms with van der Waals surface area (Å²) in [5.41, 5.74) is 9.00. The summed E-state index contributed by atoms with van der Waals surface area (Å²) in [6, 6.07) is 7.50. The van der Waals surface area contributed by atoms with Gasteiger partial charge < -0.3 is 10.6 Å². The number of aryl methyl sites for hydroxylation is 2. The van der Waals surface area contributed by atoms with E-state index in [0.717, 1.165) is 16.8 Å². The topological polar surface area (TPSA) is 59.2 Å². The molecule has 1 heterocycles. The lowest BCUT2D eigenvalue weighted by Gasteiger charge is -2.18. The number of nitrogens with two attached hydrogens (primary N) is 1. The Kier molecular flexibility index (Phi) is 3.95. The van der Waals surface area contributed by atoms with E-state index in [2.05, 4.69) is 11.1 Å². The van der Waals surface area contributed by atoms with Crippen molar-refractivity contribution in [2.24, 2.45) is 0 Å². The Labute approximate surface area is 123 Å². The predicted octanol–water partition coefficient (Wildman–Crippen LogP) is 3.21. The number of nitrogen functional groups attached to an aromatic ring is 1. The molecule has 1 aromatic heterocycles. The van der Waals surface area contributed by atoms with E-state index in [4.69, 9.17) is 17.3 Å². The number of carbonyl (C=O) groups is 1. The Morgan fingerprint density at radius 1 is 1.20 bits per heavy atom. The summed E-state index contributed by atoms with van der Waals surface area (Å²) in [7, 11) is 1.72. The van der Waals surface area contributed by atoms with Crippen molar-refractivity contribution in [2.45, 2.75) is 13.8 Å². The second-order valence-electron chi connectivity index (χ2n) is 4.80. The first kappa shape index (κ1) is 14.3. The number of anilines is 2. The first-order chi connectivity index (χ1) is 9.38. The third-order valence-corrected chi connectivity index (χ3v) is 3.32. The van der Waals surface area contributed by atoms with Gasteiger partial charge in [0, 0.05) is 18.9 Å². The fraction of sp³-hybridized carbons (Fsp3) is 0.200. The van der Waals surface area contributed by atoms with Gasteiger partial charge in [-0.25, -0.2) is 4.98 Å². The molecule has 2 rings (SSSR count). The minimum absolute atomic E-state index is 0.176. The van der Waals surface area contributed by atoms with Crippen molar-refractivity contribution in [2.75, 3.05) is 17.7 Å². The van der Waals surface area contributed by atoms with Gasteiger partial charge in [0.1, 0.15) is 5.82 Å². The maximum Gasteiger partial charge on any atom is 0.259 e. The van der Waals surface area contributed by atoms with Crippen LogP contribution in [-0.4, -0.2) is 17.9 Å². The van der Waals surface area contributed by atoms with Gasteiger partial charge in [-0.05, 0) is 43.2 Å². The van der Waals surface area contributed by atoms with Crippen molar-refractivity contribution in [3.63, 3.8) is 0 Å². The van der Waals surface area contributed by atoms with E-state index in [1.807, 2.05) is 26.0 Å². The molecule has 0 fully saturated rings. The lowest BCUT2D eigenvalue weighted by atomic mass is 10.1. The average Bonchev–Trinajstić information content (AvgIpc) is 2.39. The van der Waals surface area contributed by atoms with E-state index in [9.17, 15) is 4.79 Å². The van der Waals surface area contributed by atoms with Crippen molar-refractivity contribution < 1.29 is 4.79 Å². The number of aromatic nitrogens is 1. The van der Waals surface area contributed by atoms with Crippen LogP contribution in [0.4, 0.5) is 11.5 Å². The van der Waals surface area contributed by atoms with Gasteiger partial charge in [-0.15, -0.1) is 0 Å². The number of pyridine rings is 1. The van der Waals surface area contributed by atoms with Crippen LogP contribution in [-0.2, 0) is 0 Å². The third kappa shape index (κ3) is 2.91. The molecule has 0 aliphatic carbocycles. The number of rotatable bonds is 2. The Bertz CT molecular complexity index is 650. The largest absolute Gasteiger partial charge is 0.382 e. The standard InChI is InChI=1S/C15H16ClN3O/c1-9-4-10(2)6-12(5-9)19(3)15(20)11-7-13(16)14(17)18-8-11/h4-8H,1-3H3,(H2,17,18). The van der Waals surface area contributed by atoms with Gasteiger partial charge in [0.15, 0.2) is 0 Å². The van der Waals surface area contributed by atoms with E-state index in [-0.39, 0.29) is 16.7 Å². The van der Waals surface area contributed by atoms with Crippen LogP contribution in [0.3, 0.4) is 0 Å². The number of carbonyl (C=O) groups excluding carboxylic acids is 1. The number of hydrogen-bond donors (Lipinski definition) is 1. The average molecular weight is 290 g/mol. The number of hydrogen-bond acceptors (Lipinski definition) is 3. The highest BCUT2D eigenvalue weighted by molar-refractivity contribution is 6.33. The molecule has 0 saturated heterocycles. The first-order valence-corrected chi connectivity index (χ1v) is 6.53. The fourth-order valence-corrected chi connectivity index (χ4v) is 2.19. The molecule has 5 heteroatoms. The molecular formula is C15H16ClN3O. The molecule has 1 aromatic carbocycles. The number of benzene rings is 1. The highest BCUT2D eigenvalue weighted by atomic mass is 35.5. The van der Waals surface area contributed by atoms with Gasteiger partial charge in [-0.3, -0.25) is 4.79 Å². The molecule has 0 bridgehead atoms. The molecule has 20 heavy (non-hydrogen) atoms. The van der Waals surface area contributed by atoms with Crippen LogP contribution in [0.5, 0.6) is 0 Å². The van der Waals surface area contributed by atoms with Crippen molar-refractivity contribution in [3.8, 4) is 0 Å². The monoisotopic (exact) mass is 289 g/mol. The van der Waals surface area contributed by atoms with Crippen LogP contribution in [0.1, 0.15) is 21.5 Å². The first-order valence-electron chi connectivity index (χ1n) is 6.16. The van der Waals surface area contributed by atoms with Crippen LogP contribution in [0.15, 0.2) is 30.5 Å². The molecule has 104 valence electrons. The highest BCUT2D eigenvalue weighted by Crippen LogP contribution is 2.22. The third-order valence-electron chi connectivity index (χ3n) is 3.01. The van der Waals surface area contributed by atoms with Gasteiger partial charge in [0.2, 0.25) is 0 Å². The fourth-order valence-electron chi connectivity index (χ4n) is 2.02. The minimum atomic E-state index is -0.176. The van der Waals surface area contributed by atoms with Gasteiger partial charge >= 0.3 is 0 Å². The molecule has 1 amide bonds. The van der Waals surface area contributed by atoms with Crippen molar-refractivity contribution in [1.82, 2.24) is 4.98 Å². The molecular weight excluding hydrogens is 274 g/mol. The van der Waals surface area contributed by atoms with E-state index in [1.54, 1.807) is 11.9 Å². The van der Waals surface area contributed by atoms with Crippen LogP contribution >= 0.6 is 11.6 Å². The zero-order valence-corrected chi connectivity index (χ0v) is 12.4. The SMILES string of the molecule is Cc1cc(C)cc(N(C)C(=O)c2cnc(N)c(Cl)c2)c1. The molecule has 2 aromatic rings. The highest BCUT2D eigenvalue weighted by Gasteiger charge is 2.15. The second kappa shape index (κ2) is 5.51. The number of halogens is 1. The molecule has 0 spiro atoms. The van der Waals surface area contributed by atoms with Crippen LogP contribution < -0.4 is 10.6 Å². The van der Waals surface area contributed by atoms with Crippen LogP contribution in [0, 0.1) is 13.8 Å². The smallest absolute Gasteiger partial charge is 0.259 e.